The average Bonchev–Trinajstić information content (AvgIpc) is 3.55. The number of nitrogens with zero attached hydrogens (tertiary/aromatic N) is 7. The second-order valence-electron chi connectivity index (χ2n) is 9.52. The van der Waals surface area contributed by atoms with Crippen LogP contribution in [0.25, 0.3) is 22.3 Å². The zero-order valence-electron chi connectivity index (χ0n) is 21.8. The Kier molecular flexibility index (Phi) is 7.09. The van der Waals surface area contributed by atoms with Crippen molar-refractivity contribution in [1.82, 2.24) is 28.8 Å². The molecule has 40 heavy (non-hydrogen) atoms. The number of hydrogen-bond donors (Lipinski definition) is 1. The lowest BCUT2D eigenvalue weighted by atomic mass is 9.89. The summed E-state index contributed by atoms with van der Waals surface area (Å²) >= 11 is 0. The van der Waals surface area contributed by atoms with Gasteiger partial charge in [-0.05, 0) is 30.7 Å². The normalized spacial score (nSPS) is 14.8. The fourth-order valence-corrected chi connectivity index (χ4v) is 5.87. The molecule has 4 heterocycles. The molecule has 0 unspecified atom stereocenters. The number of sulfonamides is 1. The first-order valence-corrected chi connectivity index (χ1v) is 14.0. The second-order valence-corrected chi connectivity index (χ2v) is 11.8. The van der Waals surface area contributed by atoms with Crippen molar-refractivity contribution in [3.8, 4) is 17.3 Å². The maximum atomic E-state index is 12.6. The van der Waals surface area contributed by atoms with Gasteiger partial charge < -0.3 is 10.2 Å². The van der Waals surface area contributed by atoms with E-state index < -0.39 is 21.5 Å². The van der Waals surface area contributed by atoms with Gasteiger partial charge in [0.1, 0.15) is 11.9 Å². The van der Waals surface area contributed by atoms with Crippen LogP contribution >= 0.6 is 0 Å². The minimum Gasteiger partial charge on any atom is -0.335 e. The first-order valence-electron chi connectivity index (χ1n) is 12.4. The minimum absolute atomic E-state index is 0.00858. The maximum absolute atomic E-state index is 12.6. The molecule has 3 aromatic heterocycles. The summed E-state index contributed by atoms with van der Waals surface area (Å²) in [7, 11) is -3.36. The highest BCUT2D eigenvalue weighted by atomic mass is 32.2. The van der Waals surface area contributed by atoms with Crippen LogP contribution in [0.15, 0.2) is 55.2 Å². The number of benzene rings is 1. The van der Waals surface area contributed by atoms with E-state index in [1.165, 1.54) is 22.3 Å². The molecule has 1 aromatic carbocycles. The molecule has 0 atom stereocenters. The third-order valence-electron chi connectivity index (χ3n) is 6.72. The summed E-state index contributed by atoms with van der Waals surface area (Å²) in [6.07, 6.45) is 6.38. The van der Waals surface area contributed by atoms with Gasteiger partial charge in [-0.2, -0.15) is 19.4 Å². The lowest BCUT2D eigenvalue weighted by molar-refractivity contribution is -0.142. The van der Waals surface area contributed by atoms with Gasteiger partial charge in [0, 0.05) is 49.0 Å². The van der Waals surface area contributed by atoms with E-state index in [1.54, 1.807) is 60.5 Å². The van der Waals surface area contributed by atoms with E-state index in [9.17, 15) is 23.3 Å². The van der Waals surface area contributed by atoms with E-state index in [0.29, 0.717) is 33.5 Å². The molecule has 14 heteroatoms. The average molecular weight is 563 g/mol. The number of hydrogen-bond acceptors (Lipinski definition) is 9. The summed E-state index contributed by atoms with van der Waals surface area (Å²) in [5, 5.41) is 17.2. The first-order chi connectivity index (χ1) is 19.1. The van der Waals surface area contributed by atoms with Crippen molar-refractivity contribution in [2.24, 2.45) is 0 Å². The van der Waals surface area contributed by atoms with Crippen LogP contribution in [0.1, 0.15) is 25.8 Å². The molecular weight excluding hydrogens is 536 g/mol. The molecule has 0 spiro atoms. The van der Waals surface area contributed by atoms with Crippen LogP contribution in [0, 0.1) is 11.3 Å². The fraction of sp³-hybridized carbons (Fsp3) is 0.308. The third kappa shape index (κ3) is 5.16. The topological polar surface area (TPSA) is 165 Å². The molecule has 206 valence electrons. The number of carbonyl (C=O) groups excluding carboxylic acids is 2. The summed E-state index contributed by atoms with van der Waals surface area (Å²) in [6.45, 7) is 3.34. The highest BCUT2D eigenvalue weighted by Crippen LogP contribution is 2.36. The number of nitrogens with one attached hydrogen (secondary N) is 1. The van der Waals surface area contributed by atoms with E-state index in [-0.39, 0.29) is 37.6 Å². The third-order valence-corrected chi connectivity index (χ3v) is 8.50. The predicted molar refractivity (Wildman–Crippen MR) is 144 cm³/mol. The summed E-state index contributed by atoms with van der Waals surface area (Å²) < 4.78 is 28.8. The zero-order valence-corrected chi connectivity index (χ0v) is 22.6. The number of anilines is 1. The largest absolute Gasteiger partial charge is 0.337 e. The number of aromatic nitrogens is 5. The molecule has 4 aromatic rings. The lowest BCUT2D eigenvalue weighted by Crippen LogP contribution is -2.64. The minimum atomic E-state index is -3.36. The van der Waals surface area contributed by atoms with Crippen molar-refractivity contribution in [3.63, 3.8) is 0 Å². The highest BCUT2D eigenvalue weighted by Gasteiger charge is 2.49. The van der Waals surface area contributed by atoms with Gasteiger partial charge in [0.25, 0.3) is 0 Å². The number of amides is 1. The maximum Gasteiger partial charge on any atom is 0.337 e. The Morgan fingerprint density at radius 3 is 2.60 bits per heavy atom. The van der Waals surface area contributed by atoms with Crippen molar-refractivity contribution < 1.29 is 22.8 Å². The number of rotatable bonds is 9. The highest BCUT2D eigenvalue weighted by molar-refractivity contribution is 7.89. The SMILES string of the molecule is CCS(=O)(=O)N1CC(CC#N)(n2cc(-c3ncnc4c3ccn4OC(=O)Cc3ccc(NC(C)=O)cc3)cn2)C1. The van der Waals surface area contributed by atoms with Gasteiger partial charge in [-0.3, -0.25) is 9.48 Å². The predicted octanol–water partition coefficient (Wildman–Crippen LogP) is 1.73. The summed E-state index contributed by atoms with van der Waals surface area (Å²) in [4.78, 5) is 38.0. The van der Waals surface area contributed by atoms with E-state index in [4.69, 9.17) is 4.84 Å². The summed E-state index contributed by atoms with van der Waals surface area (Å²) in [5.74, 6) is -0.697. The molecule has 0 saturated carbocycles. The molecule has 1 fully saturated rings. The van der Waals surface area contributed by atoms with Crippen LogP contribution in [0.5, 0.6) is 0 Å². The standard InChI is InChI=1S/C26H26N8O5S/c1-3-40(37,38)32-15-26(16-32,9-10-27)34-14-20(13-30-34)24-22-8-11-33(25(22)29-17-28-24)39-23(36)12-19-4-6-21(7-5-19)31-18(2)35/h4-8,11,13-14,17H,3,9,12,15-16H2,1-2H3,(H,31,35). The van der Waals surface area contributed by atoms with E-state index >= 15 is 0 Å². The lowest BCUT2D eigenvalue weighted by Gasteiger charge is -2.47. The molecule has 1 aliphatic rings. The van der Waals surface area contributed by atoms with Crippen molar-refractivity contribution in [2.45, 2.75) is 32.2 Å². The molecule has 1 aliphatic heterocycles. The van der Waals surface area contributed by atoms with Crippen LogP contribution in [0.3, 0.4) is 0 Å². The smallest absolute Gasteiger partial charge is 0.335 e. The van der Waals surface area contributed by atoms with Gasteiger partial charge in [-0.25, -0.2) is 23.2 Å². The van der Waals surface area contributed by atoms with E-state index in [1.807, 2.05) is 0 Å². The van der Waals surface area contributed by atoms with Crippen LogP contribution in [0.2, 0.25) is 0 Å². The summed E-state index contributed by atoms with van der Waals surface area (Å²) in [5.41, 5.74) is 2.15. The monoisotopic (exact) mass is 562 g/mol. The van der Waals surface area contributed by atoms with Crippen molar-refractivity contribution in [3.05, 3.63) is 60.8 Å². The molecule has 0 radical (unpaired) electrons. The summed E-state index contributed by atoms with van der Waals surface area (Å²) in [6, 6.07) is 10.8. The number of fused-ring (bicyclic) bond motifs is 1. The molecule has 0 aliphatic carbocycles. The van der Waals surface area contributed by atoms with Crippen molar-refractivity contribution >= 4 is 38.6 Å². The number of carbonyl (C=O) groups is 2. The van der Waals surface area contributed by atoms with Crippen molar-refractivity contribution in [2.75, 3.05) is 24.2 Å². The molecule has 13 nitrogen and oxygen atoms in total. The second kappa shape index (κ2) is 10.5. The van der Waals surface area contributed by atoms with Crippen LogP contribution in [-0.4, -0.2) is 67.9 Å². The van der Waals surface area contributed by atoms with Crippen LogP contribution < -0.4 is 10.2 Å². The zero-order chi connectivity index (χ0) is 28.5. The number of nitriles is 1. The van der Waals surface area contributed by atoms with Gasteiger partial charge >= 0.3 is 5.97 Å². The van der Waals surface area contributed by atoms with Crippen molar-refractivity contribution in [1.29, 1.82) is 5.26 Å². The molecule has 5 rings (SSSR count). The van der Waals surface area contributed by atoms with E-state index in [2.05, 4.69) is 26.5 Å². The Hall–Kier alpha value is -4.61. The van der Waals surface area contributed by atoms with Crippen LogP contribution in [-0.2, 0) is 31.6 Å². The molecule has 1 amide bonds. The first kappa shape index (κ1) is 27.0. The molecular formula is C26H26N8O5S. The quantitative estimate of drug-likeness (QED) is 0.320. The molecule has 0 bridgehead atoms. The molecule has 1 saturated heterocycles. The van der Waals surface area contributed by atoms with Gasteiger partial charge in [0.2, 0.25) is 15.9 Å². The van der Waals surface area contributed by atoms with Gasteiger partial charge in [-0.1, -0.05) is 12.1 Å². The Labute approximate surface area is 230 Å². The van der Waals surface area contributed by atoms with E-state index in [0.717, 1.165) is 0 Å². The Bertz CT molecular complexity index is 1730. The van der Waals surface area contributed by atoms with Gasteiger partial charge in [0.05, 0.1) is 36.6 Å². The fourth-order valence-electron chi connectivity index (χ4n) is 4.63. The molecule has 1 N–H and O–H groups in total. The Balaban J connectivity index is 1.33. The van der Waals surface area contributed by atoms with Gasteiger partial charge in [-0.15, -0.1) is 0 Å². The van der Waals surface area contributed by atoms with Gasteiger partial charge in [0.15, 0.2) is 5.65 Å². The van der Waals surface area contributed by atoms with Crippen LogP contribution in [0.4, 0.5) is 5.69 Å². The Morgan fingerprint density at radius 2 is 1.93 bits per heavy atom. The Morgan fingerprint density at radius 1 is 1.18 bits per heavy atom.